The number of benzene rings is 1. The van der Waals surface area contributed by atoms with Gasteiger partial charge in [-0.25, -0.2) is 0 Å². The minimum atomic E-state index is -1.37. The third kappa shape index (κ3) is 2.88. The average Bonchev–Trinajstić information content (AvgIpc) is 2.37. The first kappa shape index (κ1) is 13.5. The van der Waals surface area contributed by atoms with Crippen LogP contribution in [0.5, 0.6) is 0 Å². The van der Waals surface area contributed by atoms with Crippen molar-refractivity contribution in [3.05, 3.63) is 35.9 Å². The lowest BCUT2D eigenvalue weighted by molar-refractivity contribution is -0.287. The molecule has 2 rings (SSSR count). The number of hydrogen-bond acceptors (Lipinski definition) is 5. The molecule has 0 aromatic heterocycles. The van der Waals surface area contributed by atoms with E-state index in [-0.39, 0.29) is 0 Å². The Morgan fingerprint density at radius 1 is 1.11 bits per heavy atom. The lowest BCUT2D eigenvalue weighted by Crippen LogP contribution is -2.57. The molecule has 18 heavy (non-hydrogen) atoms. The predicted octanol–water partition coefficient (Wildman–Crippen LogP) is 0.0307. The van der Waals surface area contributed by atoms with E-state index in [2.05, 4.69) is 0 Å². The van der Waals surface area contributed by atoms with Gasteiger partial charge in [0.15, 0.2) is 6.29 Å². The van der Waals surface area contributed by atoms with E-state index >= 15 is 0 Å². The molecule has 0 spiro atoms. The summed E-state index contributed by atoms with van der Waals surface area (Å²) in [5.74, 6) is 0. The summed E-state index contributed by atoms with van der Waals surface area (Å²) < 4.78 is 10.7. The summed E-state index contributed by atoms with van der Waals surface area (Å²) in [6.45, 7) is 2.01. The quantitative estimate of drug-likeness (QED) is 0.709. The Bertz CT molecular complexity index is 369. The van der Waals surface area contributed by atoms with Crippen molar-refractivity contribution in [3.63, 3.8) is 0 Å². The van der Waals surface area contributed by atoms with Gasteiger partial charge in [-0.05, 0) is 12.5 Å². The molecule has 5 heteroatoms. The normalized spacial score (nSPS) is 36.6. The van der Waals surface area contributed by atoms with E-state index in [4.69, 9.17) is 9.47 Å². The van der Waals surface area contributed by atoms with Crippen LogP contribution in [0.4, 0.5) is 0 Å². The van der Waals surface area contributed by atoms with Crippen LogP contribution in [-0.2, 0) is 16.1 Å². The summed E-state index contributed by atoms with van der Waals surface area (Å²) in [5.41, 5.74) is 0.970. The number of ether oxygens (including phenoxy) is 2. The minimum absolute atomic E-state index is 0.319. The maximum absolute atomic E-state index is 9.84. The van der Waals surface area contributed by atoms with Crippen molar-refractivity contribution in [1.82, 2.24) is 0 Å². The van der Waals surface area contributed by atoms with Crippen LogP contribution < -0.4 is 0 Å². The molecule has 1 aromatic rings. The Balaban J connectivity index is 1.96. The van der Waals surface area contributed by atoms with E-state index < -0.39 is 30.7 Å². The third-order valence-electron chi connectivity index (χ3n) is 3.08. The van der Waals surface area contributed by atoms with Crippen molar-refractivity contribution in [2.75, 3.05) is 0 Å². The molecule has 1 aliphatic rings. The van der Waals surface area contributed by atoms with Gasteiger partial charge in [-0.1, -0.05) is 30.3 Å². The molecular formula is C13H18O5. The largest absolute Gasteiger partial charge is 0.387 e. The van der Waals surface area contributed by atoms with Crippen LogP contribution in [0.3, 0.4) is 0 Å². The molecule has 5 atom stereocenters. The van der Waals surface area contributed by atoms with Crippen molar-refractivity contribution in [2.24, 2.45) is 0 Å². The average molecular weight is 254 g/mol. The van der Waals surface area contributed by atoms with Gasteiger partial charge >= 0.3 is 0 Å². The SMILES string of the molecule is CC1O[C@@H](O)C(O)C(O)[C@H]1OCc1ccccc1. The molecule has 100 valence electrons. The molecular weight excluding hydrogens is 236 g/mol. The van der Waals surface area contributed by atoms with Gasteiger partial charge in [0.1, 0.15) is 18.3 Å². The Morgan fingerprint density at radius 2 is 1.78 bits per heavy atom. The van der Waals surface area contributed by atoms with Gasteiger partial charge in [0.05, 0.1) is 12.7 Å². The summed E-state index contributed by atoms with van der Waals surface area (Å²) in [7, 11) is 0. The van der Waals surface area contributed by atoms with E-state index in [1.54, 1.807) is 6.92 Å². The van der Waals surface area contributed by atoms with E-state index in [9.17, 15) is 15.3 Å². The highest BCUT2D eigenvalue weighted by atomic mass is 16.6. The van der Waals surface area contributed by atoms with Crippen LogP contribution >= 0.6 is 0 Å². The van der Waals surface area contributed by atoms with Gasteiger partial charge < -0.3 is 24.8 Å². The fourth-order valence-corrected chi connectivity index (χ4v) is 2.02. The first-order chi connectivity index (χ1) is 8.59. The van der Waals surface area contributed by atoms with Crippen molar-refractivity contribution < 1.29 is 24.8 Å². The van der Waals surface area contributed by atoms with Crippen LogP contribution in [0.2, 0.25) is 0 Å². The highest BCUT2D eigenvalue weighted by Crippen LogP contribution is 2.23. The Kier molecular flexibility index (Phi) is 4.31. The van der Waals surface area contributed by atoms with E-state index in [1.807, 2.05) is 30.3 Å². The molecule has 0 amide bonds. The molecule has 3 N–H and O–H groups in total. The molecule has 0 saturated carbocycles. The standard InChI is InChI=1S/C13H18O5/c1-8-12(10(14)11(15)13(16)18-8)17-7-9-5-3-2-4-6-9/h2-6,8,10-16H,7H2,1H3/t8?,10?,11?,12-,13+/m0/s1. The Hall–Kier alpha value is -0.980. The summed E-state index contributed by atoms with van der Waals surface area (Å²) in [6, 6.07) is 9.52. The van der Waals surface area contributed by atoms with E-state index in [0.29, 0.717) is 6.61 Å². The van der Waals surface area contributed by atoms with Crippen LogP contribution in [-0.4, -0.2) is 46.0 Å². The fourth-order valence-electron chi connectivity index (χ4n) is 2.02. The minimum Gasteiger partial charge on any atom is -0.387 e. The Labute approximate surface area is 106 Å². The number of rotatable bonds is 3. The number of aliphatic hydroxyl groups is 3. The van der Waals surface area contributed by atoms with Gasteiger partial charge in [0.2, 0.25) is 0 Å². The molecule has 5 nitrogen and oxygen atoms in total. The van der Waals surface area contributed by atoms with Crippen molar-refractivity contribution in [3.8, 4) is 0 Å². The zero-order valence-electron chi connectivity index (χ0n) is 10.1. The molecule has 1 saturated heterocycles. The molecule has 1 fully saturated rings. The summed E-state index contributed by atoms with van der Waals surface area (Å²) in [6.07, 6.45) is -5.02. The van der Waals surface area contributed by atoms with Gasteiger partial charge in [-0.2, -0.15) is 0 Å². The second-order valence-electron chi connectivity index (χ2n) is 4.47. The lowest BCUT2D eigenvalue weighted by Gasteiger charge is -2.39. The first-order valence-electron chi connectivity index (χ1n) is 5.95. The highest BCUT2D eigenvalue weighted by Gasteiger charge is 2.42. The van der Waals surface area contributed by atoms with Crippen molar-refractivity contribution in [1.29, 1.82) is 0 Å². The summed E-state index contributed by atoms with van der Waals surface area (Å²) in [4.78, 5) is 0. The number of hydrogen-bond donors (Lipinski definition) is 3. The van der Waals surface area contributed by atoms with Crippen LogP contribution in [0.25, 0.3) is 0 Å². The van der Waals surface area contributed by atoms with Crippen LogP contribution in [0, 0.1) is 0 Å². The third-order valence-corrected chi connectivity index (χ3v) is 3.08. The van der Waals surface area contributed by atoms with Gasteiger partial charge in [0, 0.05) is 0 Å². The predicted molar refractivity (Wildman–Crippen MR) is 63.6 cm³/mol. The van der Waals surface area contributed by atoms with Crippen molar-refractivity contribution in [2.45, 2.75) is 44.2 Å². The molecule has 1 heterocycles. The summed E-state index contributed by atoms with van der Waals surface area (Å²) >= 11 is 0. The first-order valence-corrected chi connectivity index (χ1v) is 5.95. The topological polar surface area (TPSA) is 79.2 Å². The highest BCUT2D eigenvalue weighted by molar-refractivity contribution is 5.13. The number of aliphatic hydroxyl groups excluding tert-OH is 3. The maximum Gasteiger partial charge on any atom is 0.183 e. The molecule has 0 radical (unpaired) electrons. The van der Waals surface area contributed by atoms with Gasteiger partial charge in [-0.3, -0.25) is 0 Å². The van der Waals surface area contributed by atoms with Crippen LogP contribution in [0.15, 0.2) is 30.3 Å². The molecule has 1 aromatic carbocycles. The second-order valence-corrected chi connectivity index (χ2v) is 4.47. The summed E-state index contributed by atoms with van der Waals surface area (Å²) in [5, 5.41) is 28.7. The van der Waals surface area contributed by atoms with E-state index in [1.165, 1.54) is 0 Å². The van der Waals surface area contributed by atoms with E-state index in [0.717, 1.165) is 5.56 Å². The lowest BCUT2D eigenvalue weighted by atomic mass is 10.00. The Morgan fingerprint density at radius 3 is 2.44 bits per heavy atom. The van der Waals surface area contributed by atoms with Gasteiger partial charge in [0.25, 0.3) is 0 Å². The van der Waals surface area contributed by atoms with Crippen LogP contribution in [0.1, 0.15) is 12.5 Å². The molecule has 1 aliphatic heterocycles. The zero-order valence-corrected chi connectivity index (χ0v) is 10.1. The fraction of sp³-hybridized carbons (Fsp3) is 0.538. The molecule has 0 bridgehead atoms. The second kappa shape index (κ2) is 5.77. The monoisotopic (exact) mass is 254 g/mol. The molecule has 0 aliphatic carbocycles. The van der Waals surface area contributed by atoms with Crippen molar-refractivity contribution >= 4 is 0 Å². The molecule has 3 unspecified atom stereocenters. The zero-order chi connectivity index (χ0) is 13.1. The van der Waals surface area contributed by atoms with Gasteiger partial charge in [-0.15, -0.1) is 0 Å². The smallest absolute Gasteiger partial charge is 0.183 e. The maximum atomic E-state index is 9.84.